The molecule has 24 heavy (non-hydrogen) atoms. The Morgan fingerprint density at radius 3 is 2.12 bits per heavy atom. The van der Waals surface area contributed by atoms with Crippen LogP contribution in [0.1, 0.15) is 20.7 Å². The van der Waals surface area contributed by atoms with Crippen molar-refractivity contribution in [1.82, 2.24) is 0 Å². The van der Waals surface area contributed by atoms with E-state index in [9.17, 15) is 9.59 Å². The number of esters is 2. The molecule has 0 N–H and O–H groups in total. The van der Waals surface area contributed by atoms with Gasteiger partial charge in [-0.3, -0.25) is 0 Å². The minimum atomic E-state index is -0.449. The molecule has 4 heteroatoms. The third-order valence-corrected chi connectivity index (χ3v) is 3.94. The first kappa shape index (κ1) is 15.7. The lowest BCUT2D eigenvalue weighted by atomic mass is 9.91. The summed E-state index contributed by atoms with van der Waals surface area (Å²) in [6, 6.07) is 18.4. The van der Waals surface area contributed by atoms with Crippen molar-refractivity contribution in [2.75, 3.05) is 14.2 Å². The molecular weight excluding hydrogens is 304 g/mol. The Balaban J connectivity index is 2.35. The van der Waals surface area contributed by atoms with Crippen LogP contribution in [0.5, 0.6) is 0 Å². The van der Waals surface area contributed by atoms with E-state index in [2.05, 4.69) is 0 Å². The molecule has 0 aliphatic heterocycles. The highest BCUT2D eigenvalue weighted by molar-refractivity contribution is 6.12. The highest BCUT2D eigenvalue weighted by atomic mass is 16.5. The number of hydrogen-bond acceptors (Lipinski definition) is 4. The SMILES string of the molecule is COC(=O)c1ccccc1-c1ccc2ccccc2c1C(=O)OC. The lowest BCUT2D eigenvalue weighted by Crippen LogP contribution is -2.08. The summed E-state index contributed by atoms with van der Waals surface area (Å²) in [5.74, 6) is -0.893. The molecular formula is C20H16O4. The summed E-state index contributed by atoms with van der Waals surface area (Å²) in [4.78, 5) is 24.5. The molecule has 0 unspecified atom stereocenters. The van der Waals surface area contributed by atoms with Crippen molar-refractivity contribution in [3.05, 3.63) is 71.8 Å². The molecule has 0 bridgehead atoms. The third kappa shape index (κ3) is 2.63. The Morgan fingerprint density at radius 1 is 0.708 bits per heavy atom. The maximum absolute atomic E-state index is 12.4. The molecule has 0 aliphatic rings. The van der Waals surface area contributed by atoms with Gasteiger partial charge in [0, 0.05) is 0 Å². The molecule has 4 nitrogen and oxygen atoms in total. The highest BCUT2D eigenvalue weighted by Crippen LogP contribution is 2.33. The van der Waals surface area contributed by atoms with Gasteiger partial charge in [0.15, 0.2) is 0 Å². The van der Waals surface area contributed by atoms with Gasteiger partial charge in [-0.1, -0.05) is 54.6 Å². The normalized spacial score (nSPS) is 10.4. The second kappa shape index (κ2) is 6.54. The van der Waals surface area contributed by atoms with E-state index in [1.54, 1.807) is 18.2 Å². The zero-order valence-electron chi connectivity index (χ0n) is 13.4. The van der Waals surface area contributed by atoms with Gasteiger partial charge in [-0.15, -0.1) is 0 Å². The maximum Gasteiger partial charge on any atom is 0.339 e. The fraction of sp³-hybridized carbons (Fsp3) is 0.100. The molecule has 0 aromatic heterocycles. The van der Waals surface area contributed by atoms with E-state index in [-0.39, 0.29) is 0 Å². The van der Waals surface area contributed by atoms with Crippen LogP contribution in [-0.2, 0) is 9.47 Å². The van der Waals surface area contributed by atoms with Crippen molar-refractivity contribution >= 4 is 22.7 Å². The summed E-state index contributed by atoms with van der Waals surface area (Å²) in [6.45, 7) is 0. The van der Waals surface area contributed by atoms with E-state index in [1.165, 1.54) is 14.2 Å². The average molecular weight is 320 g/mol. The highest BCUT2D eigenvalue weighted by Gasteiger charge is 2.21. The van der Waals surface area contributed by atoms with Crippen LogP contribution in [0.15, 0.2) is 60.7 Å². The van der Waals surface area contributed by atoms with Crippen molar-refractivity contribution in [1.29, 1.82) is 0 Å². The maximum atomic E-state index is 12.4. The Morgan fingerprint density at radius 2 is 1.38 bits per heavy atom. The molecule has 3 aromatic rings. The quantitative estimate of drug-likeness (QED) is 0.682. The first-order valence-corrected chi connectivity index (χ1v) is 7.45. The number of hydrogen-bond donors (Lipinski definition) is 0. The molecule has 0 amide bonds. The molecule has 0 heterocycles. The van der Waals surface area contributed by atoms with Gasteiger partial charge in [-0.25, -0.2) is 9.59 Å². The lowest BCUT2D eigenvalue weighted by Gasteiger charge is -2.14. The van der Waals surface area contributed by atoms with Gasteiger partial charge in [0.1, 0.15) is 0 Å². The zero-order chi connectivity index (χ0) is 17.1. The molecule has 0 aliphatic carbocycles. The van der Waals surface area contributed by atoms with Crippen LogP contribution in [0.25, 0.3) is 21.9 Å². The predicted octanol–water partition coefficient (Wildman–Crippen LogP) is 4.08. The van der Waals surface area contributed by atoms with Crippen molar-refractivity contribution in [3.8, 4) is 11.1 Å². The van der Waals surface area contributed by atoms with E-state index >= 15 is 0 Å². The third-order valence-electron chi connectivity index (χ3n) is 3.94. The summed E-state index contributed by atoms with van der Waals surface area (Å²) < 4.78 is 9.84. The summed E-state index contributed by atoms with van der Waals surface area (Å²) >= 11 is 0. The van der Waals surface area contributed by atoms with Gasteiger partial charge in [-0.05, 0) is 28.0 Å². The van der Waals surface area contributed by atoms with Crippen molar-refractivity contribution in [2.45, 2.75) is 0 Å². The second-order valence-electron chi connectivity index (χ2n) is 5.24. The van der Waals surface area contributed by atoms with Gasteiger partial charge in [-0.2, -0.15) is 0 Å². The van der Waals surface area contributed by atoms with Gasteiger partial charge < -0.3 is 9.47 Å². The summed E-state index contributed by atoms with van der Waals surface area (Å²) in [5, 5.41) is 1.71. The molecule has 0 fully saturated rings. The van der Waals surface area contributed by atoms with Gasteiger partial charge in [0.05, 0.1) is 25.3 Å². The molecule has 120 valence electrons. The Labute approximate surface area is 139 Å². The summed E-state index contributed by atoms with van der Waals surface area (Å²) in [6.07, 6.45) is 0. The molecule has 0 radical (unpaired) electrons. The monoisotopic (exact) mass is 320 g/mol. The molecule has 3 aromatic carbocycles. The minimum Gasteiger partial charge on any atom is -0.465 e. The zero-order valence-corrected chi connectivity index (χ0v) is 13.4. The largest absolute Gasteiger partial charge is 0.465 e. The average Bonchev–Trinajstić information content (AvgIpc) is 2.65. The topological polar surface area (TPSA) is 52.6 Å². The Hall–Kier alpha value is -3.14. The summed E-state index contributed by atoms with van der Waals surface area (Å²) in [7, 11) is 2.68. The van der Waals surface area contributed by atoms with Crippen LogP contribution in [0.2, 0.25) is 0 Å². The molecule has 0 saturated heterocycles. The molecule has 0 spiro atoms. The number of carbonyl (C=O) groups excluding carboxylic acids is 2. The van der Waals surface area contributed by atoms with E-state index < -0.39 is 11.9 Å². The first-order chi connectivity index (χ1) is 11.7. The number of ether oxygens (including phenoxy) is 2. The van der Waals surface area contributed by atoms with Crippen molar-refractivity contribution in [3.63, 3.8) is 0 Å². The Bertz CT molecular complexity index is 928. The van der Waals surface area contributed by atoms with Crippen LogP contribution in [0, 0.1) is 0 Å². The number of rotatable bonds is 3. The standard InChI is InChI=1S/C20H16O4/c1-23-19(21)17-10-6-5-9-15(17)16-12-11-13-7-3-4-8-14(13)18(16)20(22)24-2/h3-12H,1-2H3. The first-order valence-electron chi connectivity index (χ1n) is 7.45. The predicted molar refractivity (Wildman–Crippen MR) is 92.1 cm³/mol. The molecule has 0 atom stereocenters. The number of fused-ring (bicyclic) bond motifs is 1. The number of carbonyl (C=O) groups is 2. The molecule has 0 saturated carbocycles. The van der Waals surface area contributed by atoms with Gasteiger partial charge in [0.2, 0.25) is 0 Å². The van der Waals surface area contributed by atoms with Crippen LogP contribution in [0.4, 0.5) is 0 Å². The second-order valence-corrected chi connectivity index (χ2v) is 5.24. The van der Waals surface area contributed by atoms with E-state index in [0.717, 1.165) is 10.8 Å². The van der Waals surface area contributed by atoms with Crippen LogP contribution >= 0.6 is 0 Å². The van der Waals surface area contributed by atoms with Gasteiger partial charge >= 0.3 is 11.9 Å². The van der Waals surface area contributed by atoms with Crippen molar-refractivity contribution in [2.24, 2.45) is 0 Å². The van der Waals surface area contributed by atoms with Crippen LogP contribution in [-0.4, -0.2) is 26.2 Å². The number of benzene rings is 3. The van der Waals surface area contributed by atoms with Gasteiger partial charge in [0.25, 0.3) is 0 Å². The smallest absolute Gasteiger partial charge is 0.339 e. The molecule has 3 rings (SSSR count). The number of methoxy groups -OCH3 is 2. The lowest BCUT2D eigenvalue weighted by molar-refractivity contribution is 0.0591. The van der Waals surface area contributed by atoms with Crippen LogP contribution < -0.4 is 0 Å². The van der Waals surface area contributed by atoms with E-state index in [1.807, 2.05) is 42.5 Å². The van der Waals surface area contributed by atoms with Crippen LogP contribution in [0.3, 0.4) is 0 Å². The van der Waals surface area contributed by atoms with Crippen molar-refractivity contribution < 1.29 is 19.1 Å². The van der Waals surface area contributed by atoms with E-state index in [0.29, 0.717) is 22.3 Å². The summed E-state index contributed by atoms with van der Waals surface area (Å²) in [5.41, 5.74) is 2.12. The Kier molecular flexibility index (Phi) is 4.29. The fourth-order valence-electron chi connectivity index (χ4n) is 2.82. The van der Waals surface area contributed by atoms with E-state index in [4.69, 9.17) is 9.47 Å². The fourth-order valence-corrected chi connectivity index (χ4v) is 2.82. The minimum absolute atomic E-state index is 0.403.